The van der Waals surface area contributed by atoms with E-state index in [1.54, 1.807) is 11.8 Å². The zero-order valence-corrected chi connectivity index (χ0v) is 11.5. The monoisotopic (exact) mass is 235 g/mol. The van der Waals surface area contributed by atoms with Gasteiger partial charge in [-0.3, -0.25) is 4.55 Å². The Labute approximate surface area is 107 Å². The zero-order chi connectivity index (χ0) is 9.19. The molecule has 0 spiro atoms. The first-order chi connectivity index (χ1) is 5.47. The third-order valence-corrected chi connectivity index (χ3v) is 3.85. The molecule has 4 nitrogen and oxygen atoms in total. The summed E-state index contributed by atoms with van der Waals surface area (Å²) in [4.78, 5) is 0. The van der Waals surface area contributed by atoms with E-state index in [1.165, 1.54) is 0 Å². The first kappa shape index (κ1) is 14.2. The van der Waals surface area contributed by atoms with Gasteiger partial charge >= 0.3 is 39.9 Å². The number of rotatable bonds is 2. The van der Waals surface area contributed by atoms with Gasteiger partial charge in [-0.2, -0.15) is 24.9 Å². The second-order valence-corrected chi connectivity index (χ2v) is 5.67. The Balaban J connectivity index is 0. The molecule has 74 valence electrons. The minimum absolute atomic E-state index is 0. The van der Waals surface area contributed by atoms with Crippen molar-refractivity contribution in [2.24, 2.45) is 0 Å². The zero-order valence-electron chi connectivity index (χ0n) is 8.86. The molecule has 0 saturated carbocycles. The number of hydrogen-bond acceptors (Lipinski definition) is 3. The van der Waals surface area contributed by atoms with Crippen molar-refractivity contribution in [2.45, 2.75) is 31.1 Å². The molecule has 7 heteroatoms. The van der Waals surface area contributed by atoms with E-state index < -0.39 is 10.3 Å². The molecule has 1 fully saturated rings. The van der Waals surface area contributed by atoms with E-state index in [0.717, 1.165) is 18.6 Å². The van der Waals surface area contributed by atoms with Crippen LogP contribution in [0.5, 0.6) is 0 Å². The summed E-state index contributed by atoms with van der Waals surface area (Å²) < 4.78 is 31.5. The van der Waals surface area contributed by atoms with Crippen LogP contribution in [0.15, 0.2) is 0 Å². The van der Waals surface area contributed by atoms with Gasteiger partial charge in [-0.25, -0.2) is 0 Å². The predicted octanol–water partition coefficient (Wildman–Crippen LogP) is -2.22. The summed E-state index contributed by atoms with van der Waals surface area (Å²) in [5.74, 6) is 0.751. The third kappa shape index (κ3) is 6.33. The van der Waals surface area contributed by atoms with Crippen LogP contribution < -0.4 is 34.3 Å². The van der Waals surface area contributed by atoms with E-state index >= 15 is 0 Å². The van der Waals surface area contributed by atoms with Gasteiger partial charge in [0, 0.05) is 17.0 Å². The first-order valence-electron chi connectivity index (χ1n) is 3.84. The second kappa shape index (κ2) is 5.95. The van der Waals surface area contributed by atoms with Crippen molar-refractivity contribution in [1.29, 1.82) is 0 Å². The Hall–Kier alpha value is 1.22. The molecule has 0 aromatic rings. The van der Waals surface area contributed by atoms with Crippen LogP contribution in [0.4, 0.5) is 0 Å². The molecule has 0 bridgehead atoms. The van der Waals surface area contributed by atoms with Crippen molar-refractivity contribution in [3.63, 3.8) is 0 Å². The fourth-order valence-electron chi connectivity index (χ4n) is 1.19. The van der Waals surface area contributed by atoms with Crippen LogP contribution >= 0.6 is 11.8 Å². The van der Waals surface area contributed by atoms with Gasteiger partial charge in [-0.05, 0) is 12.8 Å². The molecule has 0 aromatic carbocycles. The summed E-state index contributed by atoms with van der Waals surface area (Å²) in [5.41, 5.74) is 0. The molecule has 0 amide bonds. The largest absolute Gasteiger partial charge is 1.00 e. The number of nitrogens with one attached hydrogen (secondary N) is 1. The van der Waals surface area contributed by atoms with E-state index in [4.69, 9.17) is 4.55 Å². The molecular weight excluding hydrogens is 221 g/mol. The minimum Gasteiger partial charge on any atom is -1.00 e. The minimum atomic E-state index is -4.00. The summed E-state index contributed by atoms with van der Waals surface area (Å²) in [6, 6.07) is -0.0961. The van der Waals surface area contributed by atoms with Gasteiger partial charge in [-0.15, -0.1) is 0 Å². The smallest absolute Gasteiger partial charge is 1.00 e. The maximum Gasteiger partial charge on any atom is 1.00 e. The SMILES string of the molecule is CC1CCC(NS(=O)(=O)O)CS1.[H-].[Na+]. The third-order valence-electron chi connectivity index (χ3n) is 1.82. The van der Waals surface area contributed by atoms with Gasteiger partial charge in [0.15, 0.2) is 0 Å². The molecule has 13 heavy (non-hydrogen) atoms. The Kier molecular flexibility index (Phi) is 6.50. The van der Waals surface area contributed by atoms with Crippen LogP contribution in [0.1, 0.15) is 21.2 Å². The first-order valence-corrected chi connectivity index (χ1v) is 6.32. The van der Waals surface area contributed by atoms with Gasteiger partial charge in [0.25, 0.3) is 0 Å². The predicted molar refractivity (Wildman–Crippen MR) is 50.7 cm³/mol. The molecule has 2 unspecified atom stereocenters. The van der Waals surface area contributed by atoms with Crippen molar-refractivity contribution >= 4 is 22.1 Å². The van der Waals surface area contributed by atoms with E-state index in [1.807, 2.05) is 0 Å². The summed E-state index contributed by atoms with van der Waals surface area (Å²) >= 11 is 1.73. The van der Waals surface area contributed by atoms with E-state index in [0.29, 0.717) is 5.25 Å². The standard InChI is InChI=1S/C6H13NO3S2.Na.H/c1-5-2-3-6(4-11-5)7-12(8,9)10;;/h5-7H,2-4H2,1H3,(H,8,9,10);;/q;+1;-1. The summed E-state index contributed by atoms with van der Waals surface area (Å²) in [6.45, 7) is 2.12. The van der Waals surface area contributed by atoms with Crippen LogP contribution in [-0.2, 0) is 10.3 Å². The van der Waals surface area contributed by atoms with Gasteiger partial charge in [0.2, 0.25) is 0 Å². The maximum absolute atomic E-state index is 10.4. The van der Waals surface area contributed by atoms with Crippen LogP contribution in [0.3, 0.4) is 0 Å². The average molecular weight is 235 g/mol. The average Bonchev–Trinajstić information content (AvgIpc) is 1.91. The number of hydrogen-bond donors (Lipinski definition) is 2. The molecule has 1 saturated heterocycles. The van der Waals surface area contributed by atoms with Crippen molar-refractivity contribution in [1.82, 2.24) is 4.72 Å². The fraction of sp³-hybridized carbons (Fsp3) is 1.00. The van der Waals surface area contributed by atoms with Crippen LogP contribution in [0, 0.1) is 0 Å². The van der Waals surface area contributed by atoms with Crippen LogP contribution in [-0.4, -0.2) is 30.0 Å². The summed E-state index contributed by atoms with van der Waals surface area (Å²) in [7, 11) is -4.00. The molecule has 2 N–H and O–H groups in total. The molecule has 1 rings (SSSR count). The van der Waals surface area contributed by atoms with Gasteiger partial charge < -0.3 is 1.43 Å². The molecule has 2 atom stereocenters. The Morgan fingerprint density at radius 1 is 1.54 bits per heavy atom. The summed E-state index contributed by atoms with van der Waals surface area (Å²) in [5, 5.41) is 0.601. The topological polar surface area (TPSA) is 66.4 Å². The Bertz CT molecular complexity index is 241. The summed E-state index contributed by atoms with van der Waals surface area (Å²) in [6.07, 6.45) is 1.81. The molecular formula is C6H14NNaO3S2. The molecule has 0 aliphatic carbocycles. The quantitative estimate of drug-likeness (QED) is 0.420. The van der Waals surface area contributed by atoms with Crippen LogP contribution in [0.2, 0.25) is 0 Å². The maximum atomic E-state index is 10.4. The molecule has 0 radical (unpaired) electrons. The molecule has 1 aliphatic rings. The van der Waals surface area contributed by atoms with Crippen molar-refractivity contribution in [2.75, 3.05) is 5.75 Å². The molecule has 1 heterocycles. The molecule has 0 aromatic heterocycles. The van der Waals surface area contributed by atoms with E-state index in [2.05, 4.69) is 11.6 Å². The molecule has 1 aliphatic heterocycles. The van der Waals surface area contributed by atoms with E-state index in [-0.39, 0.29) is 37.0 Å². The van der Waals surface area contributed by atoms with Gasteiger partial charge in [-0.1, -0.05) is 6.92 Å². The normalized spacial score (nSPS) is 29.4. The van der Waals surface area contributed by atoms with Crippen molar-refractivity contribution in [3.8, 4) is 0 Å². The van der Waals surface area contributed by atoms with Crippen molar-refractivity contribution < 1.29 is 44.0 Å². The Morgan fingerprint density at radius 3 is 2.54 bits per heavy atom. The Morgan fingerprint density at radius 2 is 2.15 bits per heavy atom. The van der Waals surface area contributed by atoms with Crippen molar-refractivity contribution in [3.05, 3.63) is 0 Å². The fourth-order valence-corrected chi connectivity index (χ4v) is 3.03. The number of thioether (sulfide) groups is 1. The van der Waals surface area contributed by atoms with E-state index in [9.17, 15) is 8.42 Å². The second-order valence-electron chi connectivity index (χ2n) is 3.01. The van der Waals surface area contributed by atoms with Crippen LogP contribution in [0.25, 0.3) is 0 Å². The van der Waals surface area contributed by atoms with Gasteiger partial charge in [0.1, 0.15) is 0 Å². The van der Waals surface area contributed by atoms with Gasteiger partial charge in [0.05, 0.1) is 0 Å².